The van der Waals surface area contributed by atoms with Crippen LogP contribution in [0.5, 0.6) is 0 Å². The standard InChI is InChI=1S/C21H31N5O7S/c1-11(27)17(26-18(29)13(22)9-12-5-3-2-4-6-12)20(31)24-14(7-8-16(23)28)19(30)25-15(10-34)21(32)33/h2-6,11,13-15,17,27,34H,7-10,22H2,1H3,(H2,23,28)(H,24,31)(H,25,30)(H,26,29)(H,32,33). The van der Waals surface area contributed by atoms with Gasteiger partial charge in [-0.25, -0.2) is 4.79 Å². The summed E-state index contributed by atoms with van der Waals surface area (Å²) in [5.74, 6) is -4.84. The molecule has 0 spiro atoms. The minimum atomic E-state index is -1.47. The number of carboxylic acids is 1. The Hall–Kier alpha value is -3.16. The molecule has 5 unspecified atom stereocenters. The lowest BCUT2D eigenvalue weighted by atomic mass is 10.0. The molecule has 188 valence electrons. The summed E-state index contributed by atoms with van der Waals surface area (Å²) >= 11 is 3.86. The Kier molecular flexibility index (Phi) is 12.0. The van der Waals surface area contributed by atoms with Gasteiger partial charge >= 0.3 is 5.97 Å². The first kappa shape index (κ1) is 28.9. The fourth-order valence-electron chi connectivity index (χ4n) is 2.90. The van der Waals surface area contributed by atoms with Gasteiger partial charge in [-0.15, -0.1) is 0 Å². The SMILES string of the molecule is CC(O)C(NC(=O)C(N)Cc1ccccc1)C(=O)NC(CCC(N)=O)C(=O)NC(CS)C(=O)O. The largest absolute Gasteiger partial charge is 0.480 e. The van der Waals surface area contributed by atoms with Crippen molar-refractivity contribution in [1.82, 2.24) is 16.0 Å². The van der Waals surface area contributed by atoms with Crippen LogP contribution in [-0.2, 0) is 30.4 Å². The fraction of sp³-hybridized carbons (Fsp3) is 0.476. The van der Waals surface area contributed by atoms with Crippen molar-refractivity contribution in [2.24, 2.45) is 11.5 Å². The lowest BCUT2D eigenvalue weighted by Gasteiger charge is -2.26. The van der Waals surface area contributed by atoms with Gasteiger partial charge in [-0.1, -0.05) is 30.3 Å². The molecule has 0 saturated carbocycles. The van der Waals surface area contributed by atoms with Crippen molar-refractivity contribution < 1.29 is 34.2 Å². The quantitative estimate of drug-likeness (QED) is 0.130. The molecule has 1 aromatic carbocycles. The predicted octanol–water partition coefficient (Wildman–Crippen LogP) is -2.33. The molecule has 9 N–H and O–H groups in total. The first-order valence-corrected chi connectivity index (χ1v) is 11.1. The number of aliphatic hydroxyl groups excluding tert-OH is 1. The minimum absolute atomic E-state index is 0.185. The molecule has 0 aliphatic heterocycles. The molecule has 4 amide bonds. The van der Waals surface area contributed by atoms with E-state index in [4.69, 9.17) is 16.6 Å². The Labute approximate surface area is 202 Å². The van der Waals surface area contributed by atoms with Crippen LogP contribution < -0.4 is 27.4 Å². The van der Waals surface area contributed by atoms with E-state index in [9.17, 15) is 29.1 Å². The predicted molar refractivity (Wildman–Crippen MR) is 126 cm³/mol. The summed E-state index contributed by atoms with van der Waals surface area (Å²) in [6.45, 7) is 1.26. The molecule has 0 saturated heterocycles. The first-order chi connectivity index (χ1) is 16.0. The molecule has 5 atom stereocenters. The van der Waals surface area contributed by atoms with Crippen LogP contribution in [0.4, 0.5) is 0 Å². The molecule has 0 heterocycles. The van der Waals surface area contributed by atoms with E-state index >= 15 is 0 Å². The van der Waals surface area contributed by atoms with Gasteiger partial charge in [-0.05, 0) is 25.3 Å². The van der Waals surface area contributed by atoms with Crippen LogP contribution in [-0.4, -0.2) is 75.8 Å². The highest BCUT2D eigenvalue weighted by Gasteiger charge is 2.32. The molecule has 0 radical (unpaired) electrons. The number of amides is 4. The summed E-state index contributed by atoms with van der Waals surface area (Å²) < 4.78 is 0. The number of rotatable bonds is 14. The number of carbonyl (C=O) groups is 5. The summed E-state index contributed by atoms with van der Waals surface area (Å²) in [6, 6.07) is 3.74. The van der Waals surface area contributed by atoms with Crippen LogP contribution in [0.2, 0.25) is 0 Å². The van der Waals surface area contributed by atoms with Gasteiger partial charge < -0.3 is 37.6 Å². The molecule has 0 fully saturated rings. The van der Waals surface area contributed by atoms with Gasteiger partial charge in [0.05, 0.1) is 12.1 Å². The maximum Gasteiger partial charge on any atom is 0.327 e. The van der Waals surface area contributed by atoms with E-state index in [1.807, 2.05) is 6.07 Å². The number of aliphatic hydroxyl groups is 1. The zero-order valence-electron chi connectivity index (χ0n) is 18.6. The number of aliphatic carboxylic acids is 1. The van der Waals surface area contributed by atoms with Gasteiger partial charge in [0, 0.05) is 12.2 Å². The second-order valence-corrected chi connectivity index (χ2v) is 8.04. The Balaban J connectivity index is 2.91. The second-order valence-electron chi connectivity index (χ2n) is 7.67. The summed E-state index contributed by atoms with van der Waals surface area (Å²) in [4.78, 5) is 60.2. The highest BCUT2D eigenvalue weighted by Crippen LogP contribution is 2.05. The second kappa shape index (κ2) is 14.2. The topological polar surface area (TPSA) is 214 Å². The van der Waals surface area contributed by atoms with E-state index in [0.717, 1.165) is 5.56 Å². The van der Waals surface area contributed by atoms with E-state index in [2.05, 4.69) is 28.6 Å². The number of hydrogen-bond donors (Lipinski definition) is 8. The summed E-state index contributed by atoms with van der Waals surface area (Å²) in [6.07, 6.45) is -1.70. The van der Waals surface area contributed by atoms with E-state index < -0.39 is 59.9 Å². The Bertz CT molecular complexity index is 868. The third kappa shape index (κ3) is 9.77. The van der Waals surface area contributed by atoms with Crippen LogP contribution in [0.3, 0.4) is 0 Å². The molecule has 0 bridgehead atoms. The molecule has 1 aromatic rings. The average Bonchev–Trinajstić information content (AvgIpc) is 2.77. The van der Waals surface area contributed by atoms with Gasteiger partial charge in [0.2, 0.25) is 23.6 Å². The molecule has 0 aromatic heterocycles. The van der Waals surface area contributed by atoms with Crippen LogP contribution >= 0.6 is 12.6 Å². The summed E-state index contributed by atoms with van der Waals surface area (Å²) in [7, 11) is 0. The number of benzene rings is 1. The number of primary amides is 1. The van der Waals surface area contributed by atoms with E-state index in [-0.39, 0.29) is 25.0 Å². The summed E-state index contributed by atoms with van der Waals surface area (Å²) in [5, 5.41) is 26.0. The highest BCUT2D eigenvalue weighted by atomic mass is 32.1. The minimum Gasteiger partial charge on any atom is -0.480 e. The smallest absolute Gasteiger partial charge is 0.327 e. The molecule has 12 nitrogen and oxygen atoms in total. The lowest BCUT2D eigenvalue weighted by Crippen LogP contribution is -2.60. The van der Waals surface area contributed by atoms with Crippen molar-refractivity contribution >= 4 is 42.2 Å². The summed E-state index contributed by atoms with van der Waals surface area (Å²) in [5.41, 5.74) is 11.8. The van der Waals surface area contributed by atoms with Crippen molar-refractivity contribution in [2.45, 2.75) is 56.5 Å². The Morgan fingerprint density at radius 3 is 2.06 bits per heavy atom. The van der Waals surface area contributed by atoms with Crippen molar-refractivity contribution in [1.29, 1.82) is 0 Å². The number of nitrogens with one attached hydrogen (secondary N) is 3. The number of carbonyl (C=O) groups excluding carboxylic acids is 4. The van der Waals surface area contributed by atoms with Crippen LogP contribution in [0.1, 0.15) is 25.3 Å². The number of nitrogens with two attached hydrogens (primary N) is 2. The maximum absolute atomic E-state index is 12.8. The number of carboxylic acid groups (broad SMARTS) is 1. The van der Waals surface area contributed by atoms with Gasteiger partial charge in [0.15, 0.2) is 0 Å². The van der Waals surface area contributed by atoms with Crippen molar-refractivity contribution in [3.63, 3.8) is 0 Å². The van der Waals surface area contributed by atoms with Crippen molar-refractivity contribution in [3.05, 3.63) is 35.9 Å². The van der Waals surface area contributed by atoms with Crippen LogP contribution in [0.25, 0.3) is 0 Å². The van der Waals surface area contributed by atoms with Gasteiger partial charge in [0.1, 0.15) is 18.1 Å². The molecule has 34 heavy (non-hydrogen) atoms. The van der Waals surface area contributed by atoms with Gasteiger partial charge in [0.25, 0.3) is 0 Å². The van der Waals surface area contributed by atoms with Crippen LogP contribution in [0.15, 0.2) is 30.3 Å². The number of hydrogen-bond acceptors (Lipinski definition) is 8. The molecular weight excluding hydrogens is 466 g/mol. The fourth-order valence-corrected chi connectivity index (χ4v) is 3.15. The lowest BCUT2D eigenvalue weighted by molar-refractivity contribution is -0.142. The Morgan fingerprint density at radius 1 is 0.971 bits per heavy atom. The monoisotopic (exact) mass is 497 g/mol. The zero-order valence-corrected chi connectivity index (χ0v) is 19.5. The van der Waals surface area contributed by atoms with Gasteiger partial charge in [-0.2, -0.15) is 12.6 Å². The van der Waals surface area contributed by atoms with E-state index in [1.54, 1.807) is 24.3 Å². The molecular formula is C21H31N5O7S. The Morgan fingerprint density at radius 2 is 1.56 bits per heavy atom. The number of thiol groups is 1. The highest BCUT2D eigenvalue weighted by molar-refractivity contribution is 7.80. The third-order valence-electron chi connectivity index (χ3n) is 4.81. The molecule has 1 rings (SSSR count). The van der Waals surface area contributed by atoms with Crippen LogP contribution in [0, 0.1) is 0 Å². The molecule has 0 aliphatic rings. The molecule has 0 aliphatic carbocycles. The van der Waals surface area contributed by atoms with E-state index in [1.165, 1.54) is 6.92 Å². The average molecular weight is 498 g/mol. The first-order valence-electron chi connectivity index (χ1n) is 10.5. The van der Waals surface area contributed by atoms with Crippen molar-refractivity contribution in [2.75, 3.05) is 5.75 Å². The maximum atomic E-state index is 12.8. The van der Waals surface area contributed by atoms with Gasteiger partial charge in [-0.3, -0.25) is 19.2 Å². The van der Waals surface area contributed by atoms with E-state index in [0.29, 0.717) is 0 Å². The third-order valence-corrected chi connectivity index (χ3v) is 5.17. The van der Waals surface area contributed by atoms with Crippen molar-refractivity contribution in [3.8, 4) is 0 Å². The molecule has 13 heteroatoms. The normalized spacial score (nSPS) is 15.2. The zero-order chi connectivity index (χ0) is 25.8.